The van der Waals surface area contributed by atoms with Crippen molar-refractivity contribution in [3.8, 4) is 0 Å². The van der Waals surface area contributed by atoms with Crippen LogP contribution in [0.2, 0.25) is 0 Å². The van der Waals surface area contributed by atoms with Crippen LogP contribution in [0.15, 0.2) is 42.5 Å². The normalized spacial score (nSPS) is 18.1. The molecule has 0 radical (unpaired) electrons. The number of benzene rings is 2. The van der Waals surface area contributed by atoms with Crippen LogP contribution in [0.5, 0.6) is 0 Å². The quantitative estimate of drug-likeness (QED) is 0.434. The second kappa shape index (κ2) is 10.5. The SMILES string of the molecule is CC(C)[C@@H](NC(=O)c1cc(C(F)(F)F)ccc1F)C(=O)N1CCC2(CC1)C(=O)N(C)C(=O)N2c1ccc(F)cc1. The van der Waals surface area contributed by atoms with Gasteiger partial charge in [-0.1, -0.05) is 13.8 Å². The van der Waals surface area contributed by atoms with Crippen LogP contribution in [0.25, 0.3) is 0 Å². The molecule has 1 N–H and O–H groups in total. The van der Waals surface area contributed by atoms with Gasteiger partial charge in [-0.15, -0.1) is 0 Å². The van der Waals surface area contributed by atoms with Crippen LogP contribution < -0.4 is 10.2 Å². The molecule has 0 unspecified atom stereocenters. The first-order valence-corrected chi connectivity index (χ1v) is 12.5. The second-order valence-electron chi connectivity index (χ2n) is 10.2. The molecule has 214 valence electrons. The van der Waals surface area contributed by atoms with E-state index in [4.69, 9.17) is 0 Å². The van der Waals surface area contributed by atoms with Crippen LogP contribution in [0.1, 0.15) is 42.6 Å². The van der Waals surface area contributed by atoms with Crippen molar-refractivity contribution in [2.75, 3.05) is 25.0 Å². The number of hydrogen-bond donors (Lipinski definition) is 1. The number of hydrogen-bond acceptors (Lipinski definition) is 4. The molecular weight excluding hydrogens is 539 g/mol. The highest BCUT2D eigenvalue weighted by Crippen LogP contribution is 2.40. The first kappa shape index (κ1) is 29.0. The highest BCUT2D eigenvalue weighted by Gasteiger charge is 2.58. The number of piperidine rings is 1. The van der Waals surface area contributed by atoms with Gasteiger partial charge in [-0.25, -0.2) is 13.6 Å². The van der Waals surface area contributed by atoms with Gasteiger partial charge in [0.05, 0.1) is 11.1 Å². The maximum Gasteiger partial charge on any atom is 0.416 e. The zero-order valence-electron chi connectivity index (χ0n) is 21.9. The summed E-state index contributed by atoms with van der Waals surface area (Å²) in [6, 6.07) is 4.76. The van der Waals surface area contributed by atoms with Crippen molar-refractivity contribution in [1.29, 1.82) is 0 Å². The van der Waals surface area contributed by atoms with E-state index >= 15 is 0 Å². The molecule has 8 nitrogen and oxygen atoms in total. The fourth-order valence-electron chi connectivity index (χ4n) is 5.11. The number of urea groups is 1. The number of likely N-dealkylation sites (tertiary alicyclic amines) is 1. The van der Waals surface area contributed by atoms with Crippen molar-refractivity contribution < 1.29 is 41.1 Å². The Morgan fingerprint density at radius 1 is 0.975 bits per heavy atom. The molecule has 4 rings (SSSR count). The van der Waals surface area contributed by atoms with Crippen molar-refractivity contribution in [3.63, 3.8) is 0 Å². The molecule has 0 saturated carbocycles. The summed E-state index contributed by atoms with van der Waals surface area (Å²) < 4.78 is 67.1. The zero-order chi connectivity index (χ0) is 29.6. The van der Waals surface area contributed by atoms with Gasteiger partial charge in [-0.2, -0.15) is 13.2 Å². The minimum absolute atomic E-state index is 0.0143. The fourth-order valence-corrected chi connectivity index (χ4v) is 5.11. The van der Waals surface area contributed by atoms with Gasteiger partial charge in [-0.3, -0.25) is 24.2 Å². The van der Waals surface area contributed by atoms with Crippen molar-refractivity contribution in [1.82, 2.24) is 15.1 Å². The van der Waals surface area contributed by atoms with Crippen molar-refractivity contribution in [3.05, 3.63) is 65.2 Å². The standard InChI is InChI=1S/C27H27F5N4O4/c1-15(2)21(33-22(37)19-14-16(27(30,31)32)4-9-20(19)29)23(38)35-12-10-26(11-13-35)24(39)34(3)25(40)36(26)18-7-5-17(28)6-8-18/h4-9,14-15,21H,10-13H2,1-3H3,(H,33,37)/t21-/m1/s1. The van der Waals surface area contributed by atoms with Gasteiger partial charge in [-0.05, 0) is 61.2 Å². The Kier molecular flexibility index (Phi) is 7.61. The number of alkyl halides is 3. The third-order valence-electron chi connectivity index (χ3n) is 7.35. The van der Waals surface area contributed by atoms with E-state index in [-0.39, 0.29) is 25.9 Å². The monoisotopic (exact) mass is 566 g/mol. The summed E-state index contributed by atoms with van der Waals surface area (Å²) in [5.41, 5.74) is -3.05. The predicted molar refractivity (Wildman–Crippen MR) is 133 cm³/mol. The summed E-state index contributed by atoms with van der Waals surface area (Å²) in [5, 5.41) is 2.36. The van der Waals surface area contributed by atoms with Crippen LogP contribution >= 0.6 is 0 Å². The van der Waals surface area contributed by atoms with Crippen LogP contribution in [0.4, 0.5) is 32.4 Å². The molecule has 0 aromatic heterocycles. The Balaban J connectivity index is 1.53. The molecular formula is C27H27F5N4O4. The van der Waals surface area contributed by atoms with Gasteiger partial charge in [0.25, 0.3) is 11.8 Å². The summed E-state index contributed by atoms with van der Waals surface area (Å²) in [6.45, 7) is 3.25. The Bertz CT molecular complexity index is 1340. The van der Waals surface area contributed by atoms with Gasteiger partial charge in [0.15, 0.2) is 0 Å². The number of rotatable bonds is 5. The maximum absolute atomic E-state index is 14.3. The molecule has 2 aromatic carbocycles. The Morgan fingerprint density at radius 2 is 1.57 bits per heavy atom. The molecule has 40 heavy (non-hydrogen) atoms. The van der Waals surface area contributed by atoms with Crippen molar-refractivity contribution in [2.45, 2.75) is 44.4 Å². The molecule has 1 atom stereocenters. The van der Waals surface area contributed by atoms with E-state index in [0.717, 1.165) is 4.90 Å². The Morgan fingerprint density at radius 3 is 2.12 bits per heavy atom. The number of carbonyl (C=O) groups is 4. The summed E-state index contributed by atoms with van der Waals surface area (Å²) in [4.78, 5) is 56.1. The number of nitrogens with one attached hydrogen (secondary N) is 1. The molecule has 2 aliphatic rings. The van der Waals surface area contributed by atoms with Crippen molar-refractivity contribution >= 4 is 29.4 Å². The van der Waals surface area contributed by atoms with Crippen molar-refractivity contribution in [2.24, 2.45) is 5.92 Å². The Labute approximate surface area is 226 Å². The third kappa shape index (κ3) is 5.11. The fraction of sp³-hybridized carbons (Fsp3) is 0.407. The molecule has 2 heterocycles. The molecule has 13 heteroatoms. The van der Waals surface area contributed by atoms with Gasteiger partial charge in [0.1, 0.15) is 23.2 Å². The summed E-state index contributed by atoms with van der Waals surface area (Å²) >= 11 is 0. The molecule has 5 amide bonds. The van der Waals surface area contributed by atoms with Gasteiger partial charge in [0, 0.05) is 25.8 Å². The van der Waals surface area contributed by atoms with E-state index in [1.165, 1.54) is 41.1 Å². The number of amides is 5. The largest absolute Gasteiger partial charge is 0.416 e. The van der Waals surface area contributed by atoms with Gasteiger partial charge < -0.3 is 10.2 Å². The van der Waals surface area contributed by atoms with E-state index in [9.17, 15) is 41.1 Å². The average molecular weight is 567 g/mol. The number of nitrogens with zero attached hydrogens (tertiary/aromatic N) is 3. The van der Waals surface area contributed by atoms with E-state index in [0.29, 0.717) is 23.9 Å². The third-order valence-corrected chi connectivity index (χ3v) is 7.35. The minimum atomic E-state index is -4.80. The van der Waals surface area contributed by atoms with E-state index in [1.807, 2.05) is 0 Å². The smallest absolute Gasteiger partial charge is 0.341 e. The molecule has 2 aliphatic heterocycles. The lowest BCUT2D eigenvalue weighted by atomic mass is 9.85. The van der Waals surface area contributed by atoms with Crippen LogP contribution in [-0.4, -0.2) is 65.3 Å². The minimum Gasteiger partial charge on any atom is -0.341 e. The molecule has 2 fully saturated rings. The summed E-state index contributed by atoms with van der Waals surface area (Å²) in [5.74, 6) is -4.42. The topological polar surface area (TPSA) is 90.0 Å². The summed E-state index contributed by atoms with van der Waals surface area (Å²) in [7, 11) is 1.34. The Hall–Kier alpha value is -4.03. The number of halogens is 5. The van der Waals surface area contributed by atoms with Crippen LogP contribution in [0.3, 0.4) is 0 Å². The maximum atomic E-state index is 14.3. The van der Waals surface area contributed by atoms with E-state index < -0.39 is 70.2 Å². The lowest BCUT2D eigenvalue weighted by molar-refractivity contribution is -0.139. The number of anilines is 1. The van der Waals surface area contributed by atoms with Crippen LogP contribution in [-0.2, 0) is 15.8 Å². The lowest BCUT2D eigenvalue weighted by Crippen LogP contribution is -2.60. The van der Waals surface area contributed by atoms with Gasteiger partial charge >= 0.3 is 12.2 Å². The second-order valence-corrected chi connectivity index (χ2v) is 10.2. The van der Waals surface area contributed by atoms with E-state index in [2.05, 4.69) is 5.32 Å². The van der Waals surface area contributed by atoms with Crippen LogP contribution in [0, 0.1) is 17.6 Å². The van der Waals surface area contributed by atoms with Gasteiger partial charge in [0.2, 0.25) is 5.91 Å². The molecule has 2 saturated heterocycles. The average Bonchev–Trinajstić information content (AvgIpc) is 3.07. The highest BCUT2D eigenvalue weighted by atomic mass is 19.4. The zero-order valence-corrected chi connectivity index (χ0v) is 21.9. The molecule has 1 spiro atoms. The molecule has 0 bridgehead atoms. The highest BCUT2D eigenvalue weighted by molar-refractivity contribution is 6.16. The predicted octanol–water partition coefficient (Wildman–Crippen LogP) is 4.20. The number of likely N-dealkylation sites (N-methyl/N-ethyl adjacent to an activating group) is 1. The molecule has 0 aliphatic carbocycles. The number of imide groups is 1. The first-order valence-electron chi connectivity index (χ1n) is 12.5. The molecule has 2 aromatic rings. The first-order chi connectivity index (χ1) is 18.7. The summed E-state index contributed by atoms with van der Waals surface area (Å²) in [6.07, 6.45) is -4.70. The lowest BCUT2D eigenvalue weighted by Gasteiger charge is -2.43. The van der Waals surface area contributed by atoms with E-state index in [1.54, 1.807) is 13.8 Å². The number of carbonyl (C=O) groups excluding carboxylic acids is 4.